The number of carbonyl (C=O) groups is 3. The number of amides is 2. The van der Waals surface area contributed by atoms with Crippen molar-refractivity contribution in [3.05, 3.63) is 17.5 Å². The molecule has 1 aromatic rings. The summed E-state index contributed by atoms with van der Waals surface area (Å²) in [6.45, 7) is 0.175. The van der Waals surface area contributed by atoms with Gasteiger partial charge in [0.05, 0.1) is 6.42 Å². The summed E-state index contributed by atoms with van der Waals surface area (Å²) >= 11 is 1.07. The number of hydrogen-bond acceptors (Lipinski definition) is 6. The van der Waals surface area contributed by atoms with Crippen molar-refractivity contribution < 1.29 is 27.9 Å². The lowest BCUT2D eigenvalue weighted by Crippen LogP contribution is -2.57. The van der Waals surface area contributed by atoms with Crippen molar-refractivity contribution >= 4 is 39.1 Å². The Morgan fingerprint density at radius 2 is 1.69 bits per heavy atom. The van der Waals surface area contributed by atoms with E-state index in [1.54, 1.807) is 11.4 Å². The number of hydrogen-bond donors (Lipinski definition) is 2. The van der Waals surface area contributed by atoms with Crippen LogP contribution in [-0.4, -0.2) is 65.8 Å². The van der Waals surface area contributed by atoms with Crippen LogP contribution in [0.4, 0.5) is 0 Å². The second-order valence-electron chi connectivity index (χ2n) is 9.90. The normalized spacial score (nSPS) is 23.8. The molecule has 194 valence electrons. The monoisotopic (exact) mass is 525 g/mol. The minimum absolute atomic E-state index is 0.0232. The minimum atomic E-state index is -3.99. The third-order valence-corrected chi connectivity index (χ3v) is 10.8. The molecule has 35 heavy (non-hydrogen) atoms. The highest BCUT2D eigenvalue weighted by molar-refractivity contribution is 7.91. The Balaban J connectivity index is 1.61. The van der Waals surface area contributed by atoms with Crippen molar-refractivity contribution in [2.75, 3.05) is 13.1 Å². The van der Waals surface area contributed by atoms with E-state index in [1.807, 2.05) is 0 Å². The van der Waals surface area contributed by atoms with Gasteiger partial charge in [0.15, 0.2) is 6.17 Å². The van der Waals surface area contributed by atoms with Gasteiger partial charge in [0.1, 0.15) is 4.21 Å². The Bertz CT molecular complexity index is 1000. The fourth-order valence-electron chi connectivity index (χ4n) is 5.79. The fourth-order valence-corrected chi connectivity index (χ4v) is 8.45. The molecular weight excluding hydrogens is 490 g/mol. The van der Waals surface area contributed by atoms with Crippen LogP contribution in [0.15, 0.2) is 21.7 Å². The van der Waals surface area contributed by atoms with Gasteiger partial charge >= 0.3 is 5.97 Å². The average molecular weight is 526 g/mol. The van der Waals surface area contributed by atoms with E-state index in [0.29, 0.717) is 0 Å². The topological polar surface area (TPSA) is 124 Å². The predicted octanol–water partition coefficient (Wildman–Crippen LogP) is 3.03. The van der Waals surface area contributed by atoms with Crippen molar-refractivity contribution in [3.8, 4) is 0 Å². The molecule has 0 spiro atoms. The number of rotatable bonds is 8. The standard InChI is InChI=1S/C24H35N3O6S2/c28-20(29)16-19(17-8-3-1-4-9-17)25-22(30)23-26(24(31)18-10-5-2-6-11-18)13-14-27(23)35(32,33)21-12-7-15-34-21/h7,12,15,17-19,23H,1-6,8-11,13-14,16H2,(H,25,30)(H,28,29). The first-order valence-corrected chi connectivity index (χ1v) is 15.0. The lowest BCUT2D eigenvalue weighted by atomic mass is 9.82. The lowest BCUT2D eigenvalue weighted by Gasteiger charge is -2.35. The van der Waals surface area contributed by atoms with Crippen molar-refractivity contribution in [1.29, 1.82) is 0 Å². The molecule has 3 aliphatic rings. The number of carbonyl (C=O) groups excluding carboxylic acids is 2. The lowest BCUT2D eigenvalue weighted by molar-refractivity contribution is -0.145. The highest BCUT2D eigenvalue weighted by Crippen LogP contribution is 2.33. The van der Waals surface area contributed by atoms with Gasteiger partial charge in [0.25, 0.3) is 15.9 Å². The van der Waals surface area contributed by atoms with Crippen LogP contribution in [0.25, 0.3) is 0 Å². The van der Waals surface area contributed by atoms with Gasteiger partial charge in [-0.1, -0.05) is 44.6 Å². The third kappa shape index (κ3) is 5.89. The first-order valence-electron chi connectivity index (χ1n) is 12.7. The van der Waals surface area contributed by atoms with Gasteiger partial charge in [-0.05, 0) is 43.0 Å². The maximum Gasteiger partial charge on any atom is 0.305 e. The summed E-state index contributed by atoms with van der Waals surface area (Å²) in [5.41, 5.74) is 0. The van der Waals surface area contributed by atoms with E-state index in [9.17, 15) is 27.9 Å². The number of carboxylic acids is 1. The van der Waals surface area contributed by atoms with Crippen LogP contribution in [0.5, 0.6) is 0 Å². The summed E-state index contributed by atoms with van der Waals surface area (Å²) in [7, 11) is -3.99. The fraction of sp³-hybridized carbons (Fsp3) is 0.708. The molecule has 2 atom stereocenters. The molecule has 0 bridgehead atoms. The van der Waals surface area contributed by atoms with Crippen molar-refractivity contribution in [2.24, 2.45) is 11.8 Å². The molecule has 0 radical (unpaired) electrons. The van der Waals surface area contributed by atoms with E-state index in [1.165, 1.54) is 11.0 Å². The van der Waals surface area contributed by atoms with E-state index in [4.69, 9.17) is 0 Å². The van der Waals surface area contributed by atoms with E-state index in [2.05, 4.69) is 5.32 Å². The summed E-state index contributed by atoms with van der Waals surface area (Å²) in [6, 6.07) is 2.54. The highest BCUT2D eigenvalue weighted by Gasteiger charge is 2.48. The maximum atomic E-state index is 13.7. The zero-order valence-electron chi connectivity index (χ0n) is 19.9. The summed E-state index contributed by atoms with van der Waals surface area (Å²) < 4.78 is 28.1. The Morgan fingerprint density at radius 1 is 1.03 bits per heavy atom. The van der Waals surface area contributed by atoms with Crippen LogP contribution in [-0.2, 0) is 24.4 Å². The molecule has 4 rings (SSSR count). The molecule has 0 aromatic carbocycles. The Labute approximate surface area is 210 Å². The van der Waals surface area contributed by atoms with Gasteiger partial charge in [-0.15, -0.1) is 11.3 Å². The molecule has 3 fully saturated rings. The van der Waals surface area contributed by atoms with E-state index in [0.717, 1.165) is 79.9 Å². The Morgan fingerprint density at radius 3 is 2.29 bits per heavy atom. The second-order valence-corrected chi connectivity index (χ2v) is 13.0. The molecule has 1 aromatic heterocycles. The number of nitrogens with one attached hydrogen (secondary N) is 1. The van der Waals surface area contributed by atoms with Crippen molar-refractivity contribution in [3.63, 3.8) is 0 Å². The van der Waals surface area contributed by atoms with Crippen LogP contribution in [0.2, 0.25) is 0 Å². The van der Waals surface area contributed by atoms with Gasteiger partial charge in [0, 0.05) is 25.0 Å². The van der Waals surface area contributed by atoms with Gasteiger partial charge in [-0.2, -0.15) is 4.31 Å². The molecule has 11 heteroatoms. The van der Waals surface area contributed by atoms with Crippen molar-refractivity contribution in [1.82, 2.24) is 14.5 Å². The minimum Gasteiger partial charge on any atom is -0.481 e. The molecule has 9 nitrogen and oxygen atoms in total. The first-order chi connectivity index (χ1) is 16.8. The zero-order valence-corrected chi connectivity index (χ0v) is 21.6. The molecular formula is C24H35N3O6S2. The SMILES string of the molecule is O=C(O)CC(NC(=O)C1N(C(=O)C2CCCCC2)CCN1S(=O)(=O)c1cccs1)C1CCCCC1. The zero-order chi connectivity index (χ0) is 25.0. The molecule has 2 aliphatic carbocycles. The van der Waals surface area contributed by atoms with Crippen LogP contribution >= 0.6 is 11.3 Å². The average Bonchev–Trinajstić information content (AvgIpc) is 3.55. The highest BCUT2D eigenvalue weighted by atomic mass is 32.2. The quantitative estimate of drug-likeness (QED) is 0.538. The smallest absolute Gasteiger partial charge is 0.305 e. The van der Waals surface area contributed by atoms with Gasteiger partial charge in [-0.3, -0.25) is 14.4 Å². The number of thiophene rings is 1. The number of aliphatic carboxylic acids is 1. The predicted molar refractivity (Wildman–Crippen MR) is 131 cm³/mol. The van der Waals surface area contributed by atoms with Crippen LogP contribution < -0.4 is 5.32 Å². The number of sulfonamides is 1. The molecule has 2 N–H and O–H groups in total. The molecule has 1 saturated heterocycles. The molecule has 1 aliphatic heterocycles. The number of nitrogens with zero attached hydrogens (tertiary/aromatic N) is 2. The van der Waals surface area contributed by atoms with Gasteiger partial charge in [-0.25, -0.2) is 8.42 Å². The number of carboxylic acid groups (broad SMARTS) is 1. The summed E-state index contributed by atoms with van der Waals surface area (Å²) in [5, 5.41) is 14.0. The molecule has 2 unspecified atom stereocenters. The Kier molecular flexibility index (Phi) is 8.49. The van der Waals surface area contributed by atoms with E-state index < -0.39 is 34.1 Å². The molecule has 2 heterocycles. The van der Waals surface area contributed by atoms with Crippen LogP contribution in [0.1, 0.15) is 70.6 Å². The maximum absolute atomic E-state index is 13.7. The first kappa shape index (κ1) is 26.1. The summed E-state index contributed by atoms with van der Waals surface area (Å²) in [5.74, 6) is -1.98. The van der Waals surface area contributed by atoms with E-state index in [-0.39, 0.29) is 41.5 Å². The molecule has 2 amide bonds. The molecule has 2 saturated carbocycles. The summed E-state index contributed by atoms with van der Waals surface area (Å²) in [4.78, 5) is 40.2. The second kappa shape index (κ2) is 11.4. The third-order valence-electron chi connectivity index (χ3n) is 7.60. The Hall–Kier alpha value is -1.98. The van der Waals surface area contributed by atoms with Crippen LogP contribution in [0.3, 0.4) is 0 Å². The van der Waals surface area contributed by atoms with E-state index >= 15 is 0 Å². The van der Waals surface area contributed by atoms with Gasteiger partial charge < -0.3 is 15.3 Å². The van der Waals surface area contributed by atoms with Crippen molar-refractivity contribution in [2.45, 2.75) is 87.0 Å². The van der Waals surface area contributed by atoms with Gasteiger partial charge in [0.2, 0.25) is 5.91 Å². The largest absolute Gasteiger partial charge is 0.481 e. The summed E-state index contributed by atoms with van der Waals surface area (Å²) in [6.07, 6.45) is 7.60. The van der Waals surface area contributed by atoms with Crippen LogP contribution in [0, 0.1) is 11.8 Å².